The largest absolute Gasteiger partial charge is 0.489 e. The van der Waals surface area contributed by atoms with Crippen molar-refractivity contribution in [1.82, 2.24) is 19.7 Å². The van der Waals surface area contributed by atoms with Crippen LogP contribution in [0, 0.1) is 5.41 Å². The summed E-state index contributed by atoms with van der Waals surface area (Å²) in [6.45, 7) is 5.81. The predicted octanol–water partition coefficient (Wildman–Crippen LogP) is 3.15. The first-order valence-corrected chi connectivity index (χ1v) is 10.9. The van der Waals surface area contributed by atoms with E-state index in [1.54, 1.807) is 18.3 Å². The van der Waals surface area contributed by atoms with Gasteiger partial charge in [0.15, 0.2) is 11.5 Å². The molecule has 0 saturated carbocycles. The molecule has 2 aromatic heterocycles. The van der Waals surface area contributed by atoms with Gasteiger partial charge < -0.3 is 14.5 Å². The smallest absolute Gasteiger partial charge is 0.325 e. The first-order valence-electron chi connectivity index (χ1n) is 10.5. The highest BCUT2D eigenvalue weighted by molar-refractivity contribution is 6.30. The number of fused-ring (bicyclic) bond motifs is 2. The van der Waals surface area contributed by atoms with E-state index in [4.69, 9.17) is 16.3 Å². The number of hydrogen-bond acceptors (Lipinski definition) is 5. The molecule has 2 amide bonds. The molecule has 3 aliphatic heterocycles. The van der Waals surface area contributed by atoms with Crippen molar-refractivity contribution >= 4 is 40.2 Å². The number of likely N-dealkylation sites (tertiary alicyclic amines) is 1. The van der Waals surface area contributed by atoms with Gasteiger partial charge in [0.05, 0.1) is 17.1 Å². The molecule has 3 aliphatic rings. The Morgan fingerprint density at radius 3 is 2.84 bits per heavy atom. The van der Waals surface area contributed by atoms with Gasteiger partial charge in [0, 0.05) is 55.9 Å². The van der Waals surface area contributed by atoms with Gasteiger partial charge in [-0.05, 0) is 31.2 Å². The Morgan fingerprint density at radius 2 is 2.03 bits per heavy atom. The normalized spacial score (nSPS) is 21.5. The van der Waals surface area contributed by atoms with Crippen LogP contribution in [-0.2, 0) is 7.05 Å². The number of aromatic nitrogens is 3. The summed E-state index contributed by atoms with van der Waals surface area (Å²) < 4.78 is 7.61. The number of amides is 2. The minimum Gasteiger partial charge on any atom is -0.489 e. The zero-order valence-corrected chi connectivity index (χ0v) is 18.2. The van der Waals surface area contributed by atoms with Gasteiger partial charge in [-0.1, -0.05) is 11.6 Å². The van der Waals surface area contributed by atoms with E-state index in [0.29, 0.717) is 17.4 Å². The van der Waals surface area contributed by atoms with Crippen LogP contribution in [0.15, 0.2) is 36.5 Å². The number of benzene rings is 1. The third kappa shape index (κ3) is 2.77. The molecule has 1 spiro atoms. The molecule has 6 rings (SSSR count). The van der Waals surface area contributed by atoms with Crippen molar-refractivity contribution < 1.29 is 9.53 Å². The zero-order valence-electron chi connectivity index (χ0n) is 17.5. The molecule has 0 bridgehead atoms. The summed E-state index contributed by atoms with van der Waals surface area (Å²) >= 11 is 6.10. The molecule has 2 saturated heterocycles. The van der Waals surface area contributed by atoms with Gasteiger partial charge in [-0.15, -0.1) is 0 Å². The molecule has 1 unspecified atom stereocenters. The SMILES string of the molecule is CC1COc2cc(Cl)ccc2N1C(=O)N1CC2(C1)CN(c1nn(C)c3ncccc13)C2. The molecule has 0 radical (unpaired) electrons. The Kier molecular flexibility index (Phi) is 3.93. The van der Waals surface area contributed by atoms with Gasteiger partial charge >= 0.3 is 6.03 Å². The molecule has 0 N–H and O–H groups in total. The maximum atomic E-state index is 13.3. The summed E-state index contributed by atoms with van der Waals surface area (Å²) in [5.74, 6) is 1.65. The fourth-order valence-corrected chi connectivity index (χ4v) is 5.25. The maximum Gasteiger partial charge on any atom is 0.325 e. The lowest BCUT2D eigenvalue weighted by molar-refractivity contribution is 0.00866. The standard InChI is InChI=1S/C22H23ClN6O2/c1-14-9-31-18-8-15(23)5-6-17(18)29(14)21(30)28-12-22(13-28)10-27(11-22)20-16-4-3-7-24-19(16)26(2)25-20/h3-8,14H,9-13H2,1-2H3. The van der Waals surface area contributed by atoms with Crippen LogP contribution in [0.4, 0.5) is 16.3 Å². The molecular formula is C22H23ClN6O2. The van der Waals surface area contributed by atoms with Gasteiger partial charge in [0.2, 0.25) is 0 Å². The number of hydrogen-bond donors (Lipinski definition) is 0. The lowest BCUT2D eigenvalue weighted by atomic mass is 9.73. The Balaban J connectivity index is 1.16. The lowest BCUT2D eigenvalue weighted by Crippen LogP contribution is -2.74. The summed E-state index contributed by atoms with van der Waals surface area (Å²) in [5.41, 5.74) is 1.83. The summed E-state index contributed by atoms with van der Waals surface area (Å²) in [4.78, 5) is 23.8. The van der Waals surface area contributed by atoms with Crippen LogP contribution in [0.25, 0.3) is 11.0 Å². The number of pyridine rings is 1. The van der Waals surface area contributed by atoms with Crippen molar-refractivity contribution in [2.24, 2.45) is 12.5 Å². The monoisotopic (exact) mass is 438 g/mol. The van der Waals surface area contributed by atoms with E-state index >= 15 is 0 Å². The molecule has 1 atom stereocenters. The van der Waals surface area contributed by atoms with Crippen molar-refractivity contribution in [2.45, 2.75) is 13.0 Å². The van der Waals surface area contributed by atoms with E-state index in [2.05, 4.69) is 21.0 Å². The topological polar surface area (TPSA) is 66.7 Å². The summed E-state index contributed by atoms with van der Waals surface area (Å²) in [7, 11) is 1.92. The van der Waals surface area contributed by atoms with Crippen molar-refractivity contribution in [2.75, 3.05) is 42.6 Å². The second kappa shape index (κ2) is 6.50. The fourth-order valence-electron chi connectivity index (χ4n) is 5.09. The molecule has 9 heteroatoms. The lowest BCUT2D eigenvalue weighted by Gasteiger charge is -2.60. The number of carbonyl (C=O) groups excluding carboxylic acids is 1. The number of anilines is 2. The fraction of sp³-hybridized carbons (Fsp3) is 0.409. The van der Waals surface area contributed by atoms with E-state index in [0.717, 1.165) is 48.7 Å². The van der Waals surface area contributed by atoms with Gasteiger partial charge in [0.1, 0.15) is 12.4 Å². The van der Waals surface area contributed by atoms with E-state index in [1.807, 2.05) is 40.6 Å². The molecule has 8 nitrogen and oxygen atoms in total. The Bertz CT molecular complexity index is 1200. The summed E-state index contributed by atoms with van der Waals surface area (Å²) in [6, 6.07) is 9.47. The number of halogens is 1. The van der Waals surface area contributed by atoms with Crippen LogP contribution in [0.5, 0.6) is 5.75 Å². The van der Waals surface area contributed by atoms with Crippen molar-refractivity contribution in [3.63, 3.8) is 0 Å². The summed E-state index contributed by atoms with van der Waals surface area (Å²) in [6.07, 6.45) is 1.79. The number of aryl methyl sites for hydroxylation is 1. The number of nitrogens with zero attached hydrogens (tertiary/aromatic N) is 6. The third-order valence-electron chi connectivity index (χ3n) is 6.56. The molecule has 1 aromatic carbocycles. The minimum atomic E-state index is -0.0250. The van der Waals surface area contributed by atoms with E-state index in [-0.39, 0.29) is 17.5 Å². The van der Waals surface area contributed by atoms with Gasteiger partial charge in [0.25, 0.3) is 0 Å². The second-order valence-electron chi connectivity index (χ2n) is 8.96. The van der Waals surface area contributed by atoms with Crippen LogP contribution in [-0.4, -0.2) is 64.5 Å². The Morgan fingerprint density at radius 1 is 1.23 bits per heavy atom. The molecule has 2 fully saturated rings. The maximum absolute atomic E-state index is 13.3. The van der Waals surface area contributed by atoms with Crippen LogP contribution < -0.4 is 14.5 Å². The number of carbonyl (C=O) groups is 1. The highest BCUT2D eigenvalue weighted by Gasteiger charge is 2.55. The van der Waals surface area contributed by atoms with Crippen LogP contribution in [0.2, 0.25) is 5.02 Å². The molecule has 3 aromatic rings. The third-order valence-corrected chi connectivity index (χ3v) is 6.80. The number of rotatable bonds is 1. The van der Waals surface area contributed by atoms with Crippen LogP contribution >= 0.6 is 11.6 Å². The van der Waals surface area contributed by atoms with Gasteiger partial charge in [-0.3, -0.25) is 4.90 Å². The zero-order chi connectivity index (χ0) is 21.3. The predicted molar refractivity (Wildman–Crippen MR) is 119 cm³/mol. The van der Waals surface area contributed by atoms with E-state index in [9.17, 15) is 4.79 Å². The van der Waals surface area contributed by atoms with Crippen LogP contribution in [0.1, 0.15) is 6.92 Å². The number of urea groups is 1. The van der Waals surface area contributed by atoms with Crippen molar-refractivity contribution in [3.8, 4) is 5.75 Å². The van der Waals surface area contributed by atoms with Crippen molar-refractivity contribution in [1.29, 1.82) is 0 Å². The Labute approximate surface area is 184 Å². The van der Waals surface area contributed by atoms with Gasteiger partial charge in [-0.2, -0.15) is 5.10 Å². The quantitative estimate of drug-likeness (QED) is 0.584. The first kappa shape index (κ1) is 18.7. The summed E-state index contributed by atoms with van der Waals surface area (Å²) in [5, 5.41) is 6.35. The molecular weight excluding hydrogens is 416 g/mol. The Hall–Kier alpha value is -3.00. The average molecular weight is 439 g/mol. The molecule has 5 heterocycles. The highest BCUT2D eigenvalue weighted by atomic mass is 35.5. The molecule has 160 valence electrons. The van der Waals surface area contributed by atoms with Crippen LogP contribution in [0.3, 0.4) is 0 Å². The number of ether oxygens (including phenoxy) is 1. The molecule has 0 aliphatic carbocycles. The highest BCUT2D eigenvalue weighted by Crippen LogP contribution is 2.44. The van der Waals surface area contributed by atoms with Gasteiger partial charge in [-0.25, -0.2) is 14.5 Å². The first-order chi connectivity index (χ1) is 14.9. The second-order valence-corrected chi connectivity index (χ2v) is 9.39. The van der Waals surface area contributed by atoms with Crippen molar-refractivity contribution in [3.05, 3.63) is 41.6 Å². The van der Waals surface area contributed by atoms with E-state index < -0.39 is 0 Å². The minimum absolute atomic E-state index is 0.0250. The average Bonchev–Trinajstić information content (AvgIpc) is 3.02. The molecule has 31 heavy (non-hydrogen) atoms. The van der Waals surface area contributed by atoms with E-state index in [1.165, 1.54) is 0 Å².